The van der Waals surface area contributed by atoms with Gasteiger partial charge in [0.25, 0.3) is 0 Å². The molecule has 0 radical (unpaired) electrons. The van der Waals surface area contributed by atoms with Crippen molar-refractivity contribution in [2.45, 2.75) is 39.2 Å². The van der Waals surface area contributed by atoms with Crippen LogP contribution in [0.5, 0.6) is 0 Å². The van der Waals surface area contributed by atoms with E-state index in [-0.39, 0.29) is 0 Å². The average Bonchev–Trinajstić information content (AvgIpc) is 3.29. The molecule has 0 atom stereocenters. The number of nitrogens with zero attached hydrogens (tertiary/aromatic N) is 3. The number of hydrogen-bond donors (Lipinski definition) is 1. The Morgan fingerprint density at radius 1 is 1.29 bits per heavy atom. The van der Waals surface area contributed by atoms with Crippen LogP contribution in [0.4, 0.5) is 5.82 Å². The van der Waals surface area contributed by atoms with E-state index in [1.807, 2.05) is 6.07 Å². The average molecular weight is 284 g/mol. The van der Waals surface area contributed by atoms with Gasteiger partial charge in [-0.15, -0.1) is 0 Å². The maximum atomic E-state index is 5.82. The van der Waals surface area contributed by atoms with Gasteiger partial charge in [-0.1, -0.05) is 18.2 Å². The molecule has 0 bridgehead atoms. The van der Waals surface area contributed by atoms with E-state index in [9.17, 15) is 0 Å². The summed E-state index contributed by atoms with van der Waals surface area (Å²) in [5.41, 5.74) is 9.34. The Kier molecular flexibility index (Phi) is 3.97. The maximum absolute atomic E-state index is 5.82. The van der Waals surface area contributed by atoms with E-state index in [4.69, 9.17) is 10.8 Å². The van der Waals surface area contributed by atoms with Crippen LogP contribution in [-0.2, 0) is 6.42 Å². The summed E-state index contributed by atoms with van der Waals surface area (Å²) >= 11 is 0. The zero-order valence-electron chi connectivity index (χ0n) is 12.9. The Labute approximate surface area is 126 Å². The fraction of sp³-hybridized carbons (Fsp3) is 0.471. The smallest absolute Gasteiger partial charge is 0.136 e. The SMILES string of the molecule is CCN(c1c(CCN)c(C)nn1-c1ccccc1)C1CC1. The summed E-state index contributed by atoms with van der Waals surface area (Å²) in [6.07, 6.45) is 3.46. The number of benzene rings is 1. The first-order valence-electron chi connectivity index (χ1n) is 7.86. The number of nitrogens with two attached hydrogens (primary N) is 1. The van der Waals surface area contributed by atoms with E-state index >= 15 is 0 Å². The van der Waals surface area contributed by atoms with Crippen LogP contribution in [0.1, 0.15) is 31.0 Å². The molecule has 1 aromatic heterocycles. The van der Waals surface area contributed by atoms with E-state index in [0.29, 0.717) is 12.6 Å². The highest BCUT2D eigenvalue weighted by molar-refractivity contribution is 5.56. The zero-order chi connectivity index (χ0) is 14.8. The molecule has 0 unspecified atom stereocenters. The molecule has 0 amide bonds. The van der Waals surface area contributed by atoms with Crippen molar-refractivity contribution in [2.24, 2.45) is 5.73 Å². The normalized spacial score (nSPS) is 14.4. The number of para-hydroxylation sites is 1. The van der Waals surface area contributed by atoms with Gasteiger partial charge in [-0.2, -0.15) is 5.10 Å². The first-order chi connectivity index (χ1) is 10.3. The van der Waals surface area contributed by atoms with Crippen LogP contribution in [0.3, 0.4) is 0 Å². The molecule has 1 aliphatic carbocycles. The third-order valence-corrected chi connectivity index (χ3v) is 4.15. The molecule has 0 saturated heterocycles. The van der Waals surface area contributed by atoms with Gasteiger partial charge in [-0.05, 0) is 51.8 Å². The van der Waals surface area contributed by atoms with Crippen LogP contribution in [0.2, 0.25) is 0 Å². The van der Waals surface area contributed by atoms with Gasteiger partial charge in [0.2, 0.25) is 0 Å². The van der Waals surface area contributed by atoms with E-state index in [1.165, 1.54) is 24.2 Å². The lowest BCUT2D eigenvalue weighted by atomic mass is 10.1. The minimum absolute atomic E-state index is 0.663. The van der Waals surface area contributed by atoms with E-state index in [0.717, 1.165) is 24.3 Å². The topological polar surface area (TPSA) is 47.1 Å². The lowest BCUT2D eigenvalue weighted by molar-refractivity contribution is 0.754. The van der Waals surface area contributed by atoms with Crippen molar-refractivity contribution >= 4 is 5.82 Å². The molecular formula is C17H24N4. The van der Waals surface area contributed by atoms with Crippen LogP contribution < -0.4 is 10.6 Å². The third kappa shape index (κ3) is 2.68. The van der Waals surface area contributed by atoms with Crippen LogP contribution >= 0.6 is 0 Å². The number of aromatic nitrogens is 2. The summed E-state index contributed by atoms with van der Waals surface area (Å²) in [7, 11) is 0. The summed E-state index contributed by atoms with van der Waals surface area (Å²) in [6.45, 7) is 5.99. The van der Waals surface area contributed by atoms with Gasteiger partial charge in [-0.3, -0.25) is 0 Å². The molecule has 0 aliphatic heterocycles. The number of anilines is 1. The second kappa shape index (κ2) is 5.90. The van der Waals surface area contributed by atoms with Gasteiger partial charge >= 0.3 is 0 Å². The molecule has 21 heavy (non-hydrogen) atoms. The summed E-state index contributed by atoms with van der Waals surface area (Å²) in [5, 5.41) is 4.80. The van der Waals surface area contributed by atoms with Crippen molar-refractivity contribution in [1.82, 2.24) is 9.78 Å². The first-order valence-corrected chi connectivity index (χ1v) is 7.86. The molecule has 2 aromatic rings. The standard InChI is InChI=1S/C17H24N4/c1-3-20(14-9-10-14)17-16(11-12-18)13(2)19-21(17)15-7-5-4-6-8-15/h4-8,14H,3,9-12,18H2,1-2H3. The highest BCUT2D eigenvalue weighted by Gasteiger charge is 2.32. The van der Waals surface area contributed by atoms with Crippen molar-refractivity contribution in [3.8, 4) is 5.69 Å². The second-order valence-electron chi connectivity index (χ2n) is 5.69. The summed E-state index contributed by atoms with van der Waals surface area (Å²) in [6, 6.07) is 11.1. The van der Waals surface area contributed by atoms with Gasteiger partial charge in [0, 0.05) is 18.2 Å². The van der Waals surface area contributed by atoms with Gasteiger partial charge in [0.15, 0.2) is 0 Å². The summed E-state index contributed by atoms with van der Waals surface area (Å²) < 4.78 is 2.10. The minimum Gasteiger partial charge on any atom is -0.354 e. The van der Waals surface area contributed by atoms with Crippen LogP contribution in [-0.4, -0.2) is 28.9 Å². The number of aryl methyl sites for hydroxylation is 1. The fourth-order valence-electron chi connectivity index (χ4n) is 3.00. The Morgan fingerprint density at radius 3 is 2.57 bits per heavy atom. The minimum atomic E-state index is 0.663. The molecule has 1 fully saturated rings. The molecule has 0 spiro atoms. The molecule has 112 valence electrons. The molecule has 1 aliphatic rings. The lowest BCUT2D eigenvalue weighted by Gasteiger charge is -2.25. The Balaban J connectivity index is 2.12. The predicted octanol–water partition coefficient (Wildman–Crippen LogP) is 2.67. The second-order valence-corrected chi connectivity index (χ2v) is 5.69. The maximum Gasteiger partial charge on any atom is 0.136 e. The molecule has 2 N–H and O–H groups in total. The number of rotatable bonds is 6. The Bertz CT molecular complexity index is 599. The molecule has 4 heteroatoms. The highest BCUT2D eigenvalue weighted by atomic mass is 15.4. The third-order valence-electron chi connectivity index (χ3n) is 4.15. The van der Waals surface area contributed by atoms with Crippen LogP contribution in [0.15, 0.2) is 30.3 Å². The quantitative estimate of drug-likeness (QED) is 0.887. The molecule has 1 heterocycles. The largest absolute Gasteiger partial charge is 0.354 e. The summed E-state index contributed by atoms with van der Waals surface area (Å²) in [5.74, 6) is 1.24. The van der Waals surface area contributed by atoms with Crippen molar-refractivity contribution in [3.05, 3.63) is 41.6 Å². The van der Waals surface area contributed by atoms with Crippen molar-refractivity contribution in [1.29, 1.82) is 0 Å². The van der Waals surface area contributed by atoms with Gasteiger partial charge in [0.05, 0.1) is 11.4 Å². The van der Waals surface area contributed by atoms with Gasteiger partial charge in [0.1, 0.15) is 5.82 Å². The monoisotopic (exact) mass is 284 g/mol. The van der Waals surface area contributed by atoms with E-state index in [1.54, 1.807) is 0 Å². The lowest BCUT2D eigenvalue weighted by Crippen LogP contribution is -2.28. The molecule has 1 saturated carbocycles. The van der Waals surface area contributed by atoms with Crippen molar-refractivity contribution < 1.29 is 0 Å². The van der Waals surface area contributed by atoms with Gasteiger partial charge in [-0.25, -0.2) is 4.68 Å². The van der Waals surface area contributed by atoms with Crippen molar-refractivity contribution in [3.63, 3.8) is 0 Å². The van der Waals surface area contributed by atoms with Crippen LogP contribution in [0, 0.1) is 6.92 Å². The first kappa shape index (κ1) is 14.1. The molecule has 1 aromatic carbocycles. The van der Waals surface area contributed by atoms with Crippen molar-refractivity contribution in [2.75, 3.05) is 18.0 Å². The van der Waals surface area contributed by atoms with E-state index in [2.05, 4.69) is 47.7 Å². The highest BCUT2D eigenvalue weighted by Crippen LogP contribution is 2.36. The molecular weight excluding hydrogens is 260 g/mol. The predicted molar refractivity (Wildman–Crippen MR) is 87.1 cm³/mol. The Morgan fingerprint density at radius 2 is 2.00 bits per heavy atom. The molecule has 4 nitrogen and oxygen atoms in total. The number of hydrogen-bond acceptors (Lipinski definition) is 3. The molecule has 3 rings (SSSR count). The van der Waals surface area contributed by atoms with E-state index < -0.39 is 0 Å². The van der Waals surface area contributed by atoms with Crippen LogP contribution in [0.25, 0.3) is 5.69 Å². The fourth-order valence-corrected chi connectivity index (χ4v) is 3.00. The van der Waals surface area contributed by atoms with Gasteiger partial charge < -0.3 is 10.6 Å². The Hall–Kier alpha value is -1.81. The zero-order valence-corrected chi connectivity index (χ0v) is 12.9. The summed E-state index contributed by atoms with van der Waals surface area (Å²) in [4.78, 5) is 2.50.